The Hall–Kier alpha value is -0.120. The number of nitrogens with zero attached hydrogens (tertiary/aromatic N) is 2. The molecule has 0 aromatic rings. The summed E-state index contributed by atoms with van der Waals surface area (Å²) in [5.41, 5.74) is 0. The maximum Gasteiger partial charge on any atom is 0.0235 e. The maximum atomic E-state index is 3.66. The van der Waals surface area contributed by atoms with Crippen molar-refractivity contribution in [3.8, 4) is 0 Å². The number of hydrogen-bond acceptors (Lipinski definition) is 3. The smallest absolute Gasteiger partial charge is 0.0235 e. The molecule has 0 aromatic carbocycles. The van der Waals surface area contributed by atoms with E-state index in [4.69, 9.17) is 0 Å². The summed E-state index contributed by atoms with van der Waals surface area (Å²) in [4.78, 5) is 5.42. The summed E-state index contributed by atoms with van der Waals surface area (Å²) in [6.45, 7) is 10.3. The first-order chi connectivity index (χ1) is 8.33. The fourth-order valence-corrected chi connectivity index (χ4v) is 3.80. The van der Waals surface area contributed by atoms with Gasteiger partial charge in [0.25, 0.3) is 0 Å². The van der Waals surface area contributed by atoms with Gasteiger partial charge in [-0.3, -0.25) is 4.90 Å². The Balaban J connectivity index is 1.46. The molecule has 0 bridgehead atoms. The molecule has 3 aliphatic heterocycles. The second-order valence-electron chi connectivity index (χ2n) is 6.27. The number of rotatable bonds is 3. The molecule has 0 amide bonds. The second-order valence-corrected chi connectivity index (χ2v) is 6.27. The van der Waals surface area contributed by atoms with Crippen molar-refractivity contribution < 1.29 is 0 Å². The SMILES string of the molecule is CC1CCNC1CN1CCC(N2CCCC2)C1. The standard InChI is InChI=1S/C14H27N3/c1-12-4-6-15-14(12)11-16-9-5-13(10-16)17-7-2-3-8-17/h12-15H,2-11H2,1H3. The Morgan fingerprint density at radius 1 is 1.12 bits per heavy atom. The molecular weight excluding hydrogens is 210 g/mol. The first-order valence-corrected chi connectivity index (χ1v) is 7.53. The van der Waals surface area contributed by atoms with Crippen LogP contribution >= 0.6 is 0 Å². The normalized spacial score (nSPS) is 40.4. The van der Waals surface area contributed by atoms with Crippen LogP contribution in [0.5, 0.6) is 0 Å². The van der Waals surface area contributed by atoms with Crippen LogP contribution in [0.25, 0.3) is 0 Å². The summed E-state index contributed by atoms with van der Waals surface area (Å²) in [5.74, 6) is 0.876. The number of likely N-dealkylation sites (tertiary alicyclic amines) is 2. The van der Waals surface area contributed by atoms with Crippen molar-refractivity contribution in [2.24, 2.45) is 5.92 Å². The van der Waals surface area contributed by atoms with E-state index >= 15 is 0 Å². The lowest BCUT2D eigenvalue weighted by Gasteiger charge is -2.26. The van der Waals surface area contributed by atoms with Crippen LogP contribution in [0.2, 0.25) is 0 Å². The van der Waals surface area contributed by atoms with Crippen molar-refractivity contribution in [1.82, 2.24) is 15.1 Å². The van der Waals surface area contributed by atoms with Crippen LogP contribution in [0.3, 0.4) is 0 Å². The molecule has 1 N–H and O–H groups in total. The largest absolute Gasteiger partial charge is 0.312 e. The van der Waals surface area contributed by atoms with E-state index in [0.717, 1.165) is 18.0 Å². The van der Waals surface area contributed by atoms with Crippen molar-refractivity contribution in [3.05, 3.63) is 0 Å². The summed E-state index contributed by atoms with van der Waals surface area (Å²) in [6, 6.07) is 1.63. The summed E-state index contributed by atoms with van der Waals surface area (Å²) < 4.78 is 0. The van der Waals surface area contributed by atoms with Crippen LogP contribution in [0, 0.1) is 5.92 Å². The van der Waals surface area contributed by atoms with Crippen LogP contribution in [0.15, 0.2) is 0 Å². The third kappa shape index (κ3) is 2.67. The van der Waals surface area contributed by atoms with Crippen molar-refractivity contribution in [2.45, 2.75) is 44.7 Å². The zero-order valence-electron chi connectivity index (χ0n) is 11.2. The second kappa shape index (κ2) is 5.25. The van der Waals surface area contributed by atoms with E-state index in [-0.39, 0.29) is 0 Å². The number of nitrogens with one attached hydrogen (secondary N) is 1. The summed E-state index contributed by atoms with van der Waals surface area (Å²) in [5, 5.41) is 3.66. The van der Waals surface area contributed by atoms with Gasteiger partial charge in [0.15, 0.2) is 0 Å². The summed E-state index contributed by atoms with van der Waals surface area (Å²) in [6.07, 6.45) is 5.63. The monoisotopic (exact) mass is 237 g/mol. The van der Waals surface area contributed by atoms with E-state index in [0.29, 0.717) is 0 Å². The van der Waals surface area contributed by atoms with Gasteiger partial charge in [-0.2, -0.15) is 0 Å². The highest BCUT2D eigenvalue weighted by molar-refractivity contribution is 4.90. The van der Waals surface area contributed by atoms with Gasteiger partial charge in [-0.25, -0.2) is 0 Å². The average molecular weight is 237 g/mol. The van der Waals surface area contributed by atoms with Gasteiger partial charge in [-0.05, 0) is 57.8 Å². The van der Waals surface area contributed by atoms with Gasteiger partial charge in [0.2, 0.25) is 0 Å². The summed E-state index contributed by atoms with van der Waals surface area (Å²) >= 11 is 0. The number of hydrogen-bond donors (Lipinski definition) is 1. The van der Waals surface area contributed by atoms with Gasteiger partial charge in [-0.1, -0.05) is 6.92 Å². The van der Waals surface area contributed by atoms with Crippen LogP contribution in [0.4, 0.5) is 0 Å². The average Bonchev–Trinajstić information content (AvgIpc) is 3.02. The molecule has 98 valence electrons. The van der Waals surface area contributed by atoms with Crippen LogP contribution in [-0.4, -0.2) is 61.2 Å². The van der Waals surface area contributed by atoms with Crippen molar-refractivity contribution in [1.29, 1.82) is 0 Å². The van der Waals surface area contributed by atoms with Gasteiger partial charge in [-0.15, -0.1) is 0 Å². The Labute approximate surface area is 106 Å². The van der Waals surface area contributed by atoms with Crippen molar-refractivity contribution >= 4 is 0 Å². The van der Waals surface area contributed by atoms with E-state index in [1.54, 1.807) is 0 Å². The highest BCUT2D eigenvalue weighted by atomic mass is 15.3. The highest BCUT2D eigenvalue weighted by Gasteiger charge is 2.32. The first-order valence-electron chi connectivity index (χ1n) is 7.53. The fourth-order valence-electron chi connectivity index (χ4n) is 3.80. The van der Waals surface area contributed by atoms with Crippen molar-refractivity contribution in [2.75, 3.05) is 39.3 Å². The Kier molecular flexibility index (Phi) is 3.69. The molecule has 3 heteroatoms. The molecule has 17 heavy (non-hydrogen) atoms. The predicted octanol–water partition coefficient (Wildman–Crippen LogP) is 1.15. The quantitative estimate of drug-likeness (QED) is 0.794. The zero-order chi connectivity index (χ0) is 11.7. The molecule has 3 aliphatic rings. The molecular formula is C14H27N3. The lowest BCUT2D eigenvalue weighted by Crippen LogP contribution is -2.41. The molecule has 0 aromatic heterocycles. The van der Waals surface area contributed by atoms with E-state index in [1.165, 1.54) is 65.0 Å². The third-order valence-corrected chi connectivity index (χ3v) is 5.05. The highest BCUT2D eigenvalue weighted by Crippen LogP contribution is 2.22. The summed E-state index contributed by atoms with van der Waals surface area (Å²) in [7, 11) is 0. The molecule has 0 spiro atoms. The zero-order valence-corrected chi connectivity index (χ0v) is 11.2. The van der Waals surface area contributed by atoms with Gasteiger partial charge >= 0.3 is 0 Å². The van der Waals surface area contributed by atoms with E-state index in [2.05, 4.69) is 22.0 Å². The van der Waals surface area contributed by atoms with Gasteiger partial charge in [0.1, 0.15) is 0 Å². The minimum absolute atomic E-state index is 0.757. The molecule has 3 nitrogen and oxygen atoms in total. The van der Waals surface area contributed by atoms with E-state index < -0.39 is 0 Å². The van der Waals surface area contributed by atoms with E-state index in [1.807, 2.05) is 0 Å². The Morgan fingerprint density at radius 3 is 2.65 bits per heavy atom. The Morgan fingerprint density at radius 2 is 1.94 bits per heavy atom. The molecule has 3 unspecified atom stereocenters. The van der Waals surface area contributed by atoms with E-state index in [9.17, 15) is 0 Å². The van der Waals surface area contributed by atoms with Crippen LogP contribution in [0.1, 0.15) is 32.6 Å². The van der Waals surface area contributed by atoms with Crippen LogP contribution < -0.4 is 5.32 Å². The topological polar surface area (TPSA) is 18.5 Å². The fraction of sp³-hybridized carbons (Fsp3) is 1.00. The Bertz CT molecular complexity index is 250. The molecule has 0 saturated carbocycles. The molecule has 3 rings (SSSR count). The predicted molar refractivity (Wildman–Crippen MR) is 71.2 cm³/mol. The lowest BCUT2D eigenvalue weighted by atomic mass is 10.0. The molecule has 3 saturated heterocycles. The minimum Gasteiger partial charge on any atom is -0.312 e. The van der Waals surface area contributed by atoms with Gasteiger partial charge in [0, 0.05) is 25.2 Å². The molecule has 0 aliphatic carbocycles. The third-order valence-electron chi connectivity index (χ3n) is 5.05. The lowest BCUT2D eigenvalue weighted by molar-refractivity contribution is 0.220. The van der Waals surface area contributed by atoms with Crippen LogP contribution in [-0.2, 0) is 0 Å². The maximum absolute atomic E-state index is 3.66. The first kappa shape index (κ1) is 11.9. The van der Waals surface area contributed by atoms with Gasteiger partial charge in [0.05, 0.1) is 0 Å². The molecule has 0 radical (unpaired) electrons. The van der Waals surface area contributed by atoms with Gasteiger partial charge < -0.3 is 10.2 Å². The minimum atomic E-state index is 0.757. The molecule has 3 atom stereocenters. The molecule has 3 fully saturated rings. The van der Waals surface area contributed by atoms with Crippen molar-refractivity contribution in [3.63, 3.8) is 0 Å². The molecule has 3 heterocycles.